The van der Waals surface area contributed by atoms with Crippen molar-refractivity contribution < 1.29 is 29.2 Å². The Morgan fingerprint density at radius 2 is 1.44 bits per heavy atom. The van der Waals surface area contributed by atoms with E-state index in [1.807, 2.05) is 36.4 Å². The van der Waals surface area contributed by atoms with Crippen molar-refractivity contribution in [2.75, 3.05) is 13.2 Å². The van der Waals surface area contributed by atoms with Crippen LogP contribution < -0.4 is 10.4 Å². The largest absolute Gasteiger partial charge is 0.405 e. The lowest BCUT2D eigenvalue weighted by Gasteiger charge is -2.45. The van der Waals surface area contributed by atoms with Crippen molar-refractivity contribution in [3.8, 4) is 12.3 Å². The molecule has 0 aromatic heterocycles. The number of rotatable bonds is 7. The molecule has 1 fully saturated rings. The zero-order valence-corrected chi connectivity index (χ0v) is 19.7. The number of hydrogen-bond acceptors (Lipinski definition) is 6. The van der Waals surface area contributed by atoms with E-state index in [2.05, 4.69) is 51.0 Å². The van der Waals surface area contributed by atoms with Crippen LogP contribution in [0.1, 0.15) is 20.8 Å². The van der Waals surface area contributed by atoms with Crippen LogP contribution in [0.4, 0.5) is 0 Å². The maximum Gasteiger partial charge on any atom is 0.261 e. The molecule has 3 rings (SSSR count). The third kappa shape index (κ3) is 4.82. The van der Waals surface area contributed by atoms with Gasteiger partial charge in [0.15, 0.2) is 6.29 Å². The molecule has 1 aliphatic rings. The predicted molar refractivity (Wildman–Crippen MR) is 125 cm³/mol. The van der Waals surface area contributed by atoms with E-state index in [-0.39, 0.29) is 18.3 Å². The van der Waals surface area contributed by atoms with Crippen molar-refractivity contribution in [1.29, 1.82) is 0 Å². The maximum absolute atomic E-state index is 10.6. The van der Waals surface area contributed by atoms with Crippen molar-refractivity contribution in [2.45, 2.75) is 56.5 Å². The van der Waals surface area contributed by atoms with E-state index in [1.54, 1.807) is 0 Å². The van der Waals surface area contributed by atoms with Crippen molar-refractivity contribution in [1.82, 2.24) is 0 Å². The van der Waals surface area contributed by atoms with Gasteiger partial charge in [-0.15, -0.1) is 6.42 Å². The smallest absolute Gasteiger partial charge is 0.261 e. The highest BCUT2D eigenvalue weighted by Gasteiger charge is 2.52. The van der Waals surface area contributed by atoms with E-state index < -0.39 is 39.0 Å². The minimum atomic E-state index is -2.86. The van der Waals surface area contributed by atoms with Gasteiger partial charge in [-0.25, -0.2) is 0 Å². The molecular formula is C25H32O6Si. The Morgan fingerprint density at radius 3 is 1.91 bits per heavy atom. The van der Waals surface area contributed by atoms with Crippen LogP contribution in [0.3, 0.4) is 0 Å². The highest BCUT2D eigenvalue weighted by molar-refractivity contribution is 6.99. The van der Waals surface area contributed by atoms with Gasteiger partial charge in [0.1, 0.15) is 31.0 Å². The monoisotopic (exact) mass is 456 g/mol. The summed E-state index contributed by atoms with van der Waals surface area (Å²) < 4.78 is 17.9. The van der Waals surface area contributed by atoms with E-state index >= 15 is 0 Å². The number of terminal acetylenes is 1. The summed E-state index contributed by atoms with van der Waals surface area (Å²) >= 11 is 0. The van der Waals surface area contributed by atoms with Gasteiger partial charge in [0, 0.05) is 0 Å². The summed E-state index contributed by atoms with van der Waals surface area (Å²) in [6, 6.07) is 20.2. The van der Waals surface area contributed by atoms with Crippen molar-refractivity contribution >= 4 is 18.7 Å². The molecule has 6 nitrogen and oxygen atoms in total. The number of ether oxygens (including phenoxy) is 2. The first-order valence-corrected chi connectivity index (χ1v) is 12.6. The second kappa shape index (κ2) is 10.3. The highest BCUT2D eigenvalue weighted by Crippen LogP contribution is 2.37. The van der Waals surface area contributed by atoms with Crippen molar-refractivity contribution in [3.05, 3.63) is 60.7 Å². The molecule has 32 heavy (non-hydrogen) atoms. The Bertz CT molecular complexity index is 853. The summed E-state index contributed by atoms with van der Waals surface area (Å²) in [7, 11) is -2.86. The van der Waals surface area contributed by atoms with E-state index in [1.165, 1.54) is 0 Å². The molecule has 0 saturated carbocycles. The third-order valence-corrected chi connectivity index (χ3v) is 10.9. The first kappa shape index (κ1) is 24.6. The van der Waals surface area contributed by atoms with Gasteiger partial charge in [-0.1, -0.05) is 87.4 Å². The summed E-state index contributed by atoms with van der Waals surface area (Å²) in [4.78, 5) is 0. The molecule has 0 bridgehead atoms. The van der Waals surface area contributed by atoms with Crippen LogP contribution in [-0.4, -0.2) is 67.6 Å². The van der Waals surface area contributed by atoms with Crippen LogP contribution in [0.5, 0.6) is 0 Å². The average Bonchev–Trinajstić information content (AvgIpc) is 2.79. The number of benzene rings is 2. The summed E-state index contributed by atoms with van der Waals surface area (Å²) in [5.74, 6) is 2.31. The molecule has 1 heterocycles. The molecule has 1 aliphatic heterocycles. The molecule has 0 radical (unpaired) electrons. The lowest BCUT2D eigenvalue weighted by Crippen LogP contribution is -2.68. The Labute approximate surface area is 190 Å². The normalized spacial score (nSPS) is 26.5. The number of aliphatic hydroxyl groups is 3. The SMILES string of the molecule is C#CCO[C@@H]1O[C@H](CO[Si](c2ccccc2)(c2ccccc2)C(C)(C)C)[C@@H](O)[C@H](O)[C@H]1O. The molecule has 172 valence electrons. The lowest BCUT2D eigenvalue weighted by molar-refractivity contribution is -0.297. The van der Waals surface area contributed by atoms with Crippen molar-refractivity contribution in [3.63, 3.8) is 0 Å². The average molecular weight is 457 g/mol. The van der Waals surface area contributed by atoms with Crippen molar-refractivity contribution in [2.24, 2.45) is 0 Å². The van der Waals surface area contributed by atoms with Crippen LogP contribution in [-0.2, 0) is 13.9 Å². The molecule has 0 amide bonds. The van der Waals surface area contributed by atoms with Gasteiger partial charge in [-0.3, -0.25) is 0 Å². The summed E-state index contributed by atoms with van der Waals surface area (Å²) in [6.45, 7) is 6.36. The first-order chi connectivity index (χ1) is 15.2. The van der Waals surface area contributed by atoms with Gasteiger partial charge >= 0.3 is 0 Å². The van der Waals surface area contributed by atoms with Gasteiger partial charge < -0.3 is 29.2 Å². The third-order valence-electron chi connectivity index (χ3n) is 5.88. The Kier molecular flexibility index (Phi) is 7.91. The van der Waals surface area contributed by atoms with Crippen LogP contribution in [0.15, 0.2) is 60.7 Å². The molecule has 2 aromatic carbocycles. The van der Waals surface area contributed by atoms with Crippen LogP contribution in [0.25, 0.3) is 0 Å². The number of hydrogen-bond donors (Lipinski definition) is 3. The lowest BCUT2D eigenvalue weighted by atomic mass is 9.99. The Balaban J connectivity index is 1.96. The van der Waals surface area contributed by atoms with Gasteiger partial charge in [0.05, 0.1) is 6.61 Å². The zero-order chi connectivity index (χ0) is 23.4. The highest BCUT2D eigenvalue weighted by atomic mass is 28.4. The molecule has 2 aromatic rings. The Hall–Kier alpha value is -2.02. The maximum atomic E-state index is 10.6. The van der Waals surface area contributed by atoms with E-state index in [0.717, 1.165) is 10.4 Å². The minimum absolute atomic E-state index is 0.00808. The van der Waals surface area contributed by atoms with Crippen LogP contribution >= 0.6 is 0 Å². The zero-order valence-electron chi connectivity index (χ0n) is 18.7. The molecule has 3 N–H and O–H groups in total. The van der Waals surface area contributed by atoms with Crippen LogP contribution in [0, 0.1) is 12.3 Å². The summed E-state index contributed by atoms with van der Waals surface area (Å²) in [6.07, 6.45) is -1.02. The van der Waals surface area contributed by atoms with Gasteiger partial charge in [-0.2, -0.15) is 0 Å². The van der Waals surface area contributed by atoms with Gasteiger partial charge in [-0.05, 0) is 15.4 Å². The standard InChI is InChI=1S/C25H32O6Si/c1-5-16-29-24-23(28)22(27)21(26)20(31-24)17-30-32(25(2,3)4,18-12-8-6-9-13-18)19-14-10-7-11-15-19/h1,6-15,20-24,26-28H,16-17H2,2-4H3/t20-,21-,22+,23-,24-/m1/s1. The molecule has 0 aliphatic carbocycles. The van der Waals surface area contributed by atoms with Gasteiger partial charge in [0.2, 0.25) is 0 Å². The minimum Gasteiger partial charge on any atom is -0.405 e. The molecular weight excluding hydrogens is 424 g/mol. The van der Waals surface area contributed by atoms with E-state index in [0.29, 0.717) is 0 Å². The molecule has 0 spiro atoms. The fourth-order valence-corrected chi connectivity index (χ4v) is 8.86. The second-order valence-corrected chi connectivity index (χ2v) is 13.3. The molecule has 5 atom stereocenters. The first-order valence-electron chi connectivity index (χ1n) is 10.7. The predicted octanol–water partition coefficient (Wildman–Crippen LogP) is 1.02. The quantitative estimate of drug-likeness (QED) is 0.426. The molecule has 7 heteroatoms. The summed E-state index contributed by atoms with van der Waals surface area (Å²) in [5.41, 5.74) is 0. The van der Waals surface area contributed by atoms with Crippen LogP contribution in [0.2, 0.25) is 5.04 Å². The molecule has 1 saturated heterocycles. The fraction of sp³-hybridized carbons (Fsp3) is 0.440. The summed E-state index contributed by atoms with van der Waals surface area (Å²) in [5, 5.41) is 33.1. The topological polar surface area (TPSA) is 88.4 Å². The van der Waals surface area contributed by atoms with E-state index in [4.69, 9.17) is 20.3 Å². The Morgan fingerprint density at radius 1 is 0.906 bits per heavy atom. The van der Waals surface area contributed by atoms with E-state index in [9.17, 15) is 15.3 Å². The van der Waals surface area contributed by atoms with Gasteiger partial charge in [0.25, 0.3) is 8.32 Å². The second-order valence-electron chi connectivity index (χ2n) is 9.00. The molecule has 0 unspecified atom stereocenters. The fourth-order valence-electron chi connectivity index (χ4n) is 4.29. The number of aliphatic hydroxyl groups excluding tert-OH is 3.